The summed E-state index contributed by atoms with van der Waals surface area (Å²) in [5.74, 6) is 0.868. The van der Waals surface area contributed by atoms with Crippen LogP contribution in [0.3, 0.4) is 0 Å². The Balaban J connectivity index is 1.65. The van der Waals surface area contributed by atoms with Gasteiger partial charge in [0.05, 0.1) is 0 Å². The number of hydrogen-bond acceptors (Lipinski definition) is 2. The van der Waals surface area contributed by atoms with E-state index in [0.717, 1.165) is 12.0 Å². The van der Waals surface area contributed by atoms with Gasteiger partial charge < -0.3 is 10.6 Å². The van der Waals surface area contributed by atoms with Crippen molar-refractivity contribution in [1.29, 1.82) is 0 Å². The number of unbranched alkanes of at least 4 members (excludes halogenated alkanes) is 1. The molecule has 1 aliphatic rings. The van der Waals surface area contributed by atoms with Crippen molar-refractivity contribution in [2.45, 2.75) is 58.4 Å². The molecule has 0 aliphatic heterocycles. The van der Waals surface area contributed by atoms with E-state index in [0.29, 0.717) is 0 Å². The molecule has 90 valence electrons. The average Bonchev–Trinajstić information content (AvgIpc) is 2.98. The molecule has 1 fully saturated rings. The van der Waals surface area contributed by atoms with Crippen LogP contribution in [0.25, 0.3) is 0 Å². The van der Waals surface area contributed by atoms with E-state index in [2.05, 4.69) is 24.5 Å². The minimum absolute atomic E-state index is 0.868. The lowest BCUT2D eigenvalue weighted by Crippen LogP contribution is -2.23. The number of hydrogen-bond donors (Lipinski definition) is 2. The molecule has 0 radical (unpaired) electrons. The molecular formula is C13H28N2. The van der Waals surface area contributed by atoms with Crippen molar-refractivity contribution in [2.24, 2.45) is 5.92 Å². The van der Waals surface area contributed by atoms with E-state index in [9.17, 15) is 0 Å². The van der Waals surface area contributed by atoms with Crippen LogP contribution >= 0.6 is 0 Å². The summed E-state index contributed by atoms with van der Waals surface area (Å²) in [5.41, 5.74) is 0. The van der Waals surface area contributed by atoms with E-state index in [1.165, 1.54) is 58.2 Å². The van der Waals surface area contributed by atoms with Crippen LogP contribution in [0.1, 0.15) is 52.4 Å². The molecule has 0 atom stereocenters. The third-order valence-electron chi connectivity index (χ3n) is 2.93. The molecule has 0 aromatic heterocycles. The summed E-state index contributed by atoms with van der Waals surface area (Å²) in [7, 11) is 0. The standard InChI is InChI=1S/C13H28N2/c1-12(2)6-3-4-9-14-10-5-11-15-13-7-8-13/h12-15H,3-11H2,1-2H3. The highest BCUT2D eigenvalue weighted by molar-refractivity contribution is 4.80. The highest BCUT2D eigenvalue weighted by Gasteiger charge is 2.19. The van der Waals surface area contributed by atoms with Crippen molar-refractivity contribution < 1.29 is 0 Å². The first-order chi connectivity index (χ1) is 7.29. The van der Waals surface area contributed by atoms with Gasteiger partial charge in [-0.3, -0.25) is 0 Å². The van der Waals surface area contributed by atoms with Gasteiger partial charge in [-0.15, -0.1) is 0 Å². The second kappa shape index (κ2) is 8.12. The SMILES string of the molecule is CC(C)CCCCNCCCNC1CC1. The molecule has 0 unspecified atom stereocenters. The Morgan fingerprint density at radius 2 is 1.73 bits per heavy atom. The Labute approximate surface area is 95.2 Å². The zero-order valence-corrected chi connectivity index (χ0v) is 10.5. The van der Waals surface area contributed by atoms with Gasteiger partial charge in [0, 0.05) is 6.04 Å². The molecular weight excluding hydrogens is 184 g/mol. The first-order valence-electron chi connectivity index (χ1n) is 6.73. The molecule has 0 saturated heterocycles. The predicted octanol–water partition coefficient (Wildman–Crippen LogP) is 2.54. The van der Waals surface area contributed by atoms with Crippen molar-refractivity contribution >= 4 is 0 Å². The van der Waals surface area contributed by atoms with Crippen LogP contribution in [0.2, 0.25) is 0 Å². The zero-order chi connectivity index (χ0) is 10.9. The van der Waals surface area contributed by atoms with E-state index in [-0.39, 0.29) is 0 Å². The topological polar surface area (TPSA) is 24.1 Å². The van der Waals surface area contributed by atoms with Crippen molar-refractivity contribution in [3.05, 3.63) is 0 Å². The largest absolute Gasteiger partial charge is 0.317 e. The fraction of sp³-hybridized carbons (Fsp3) is 1.00. The van der Waals surface area contributed by atoms with Gasteiger partial charge in [-0.05, 0) is 51.2 Å². The van der Waals surface area contributed by atoms with E-state index in [1.54, 1.807) is 0 Å². The lowest BCUT2D eigenvalue weighted by atomic mass is 10.1. The molecule has 0 amide bonds. The Morgan fingerprint density at radius 1 is 1.00 bits per heavy atom. The molecule has 0 aromatic carbocycles. The summed E-state index contributed by atoms with van der Waals surface area (Å²) in [5, 5.41) is 7.05. The van der Waals surface area contributed by atoms with Crippen molar-refractivity contribution in [2.75, 3.05) is 19.6 Å². The van der Waals surface area contributed by atoms with Gasteiger partial charge in [0.1, 0.15) is 0 Å². The van der Waals surface area contributed by atoms with Crippen LogP contribution in [0.4, 0.5) is 0 Å². The van der Waals surface area contributed by atoms with E-state index >= 15 is 0 Å². The molecule has 1 rings (SSSR count). The second-order valence-corrected chi connectivity index (χ2v) is 5.22. The van der Waals surface area contributed by atoms with Crippen LogP contribution in [-0.4, -0.2) is 25.7 Å². The Hall–Kier alpha value is -0.0800. The first-order valence-corrected chi connectivity index (χ1v) is 6.73. The van der Waals surface area contributed by atoms with Crippen molar-refractivity contribution in [3.8, 4) is 0 Å². The molecule has 2 heteroatoms. The molecule has 1 aliphatic carbocycles. The fourth-order valence-electron chi connectivity index (χ4n) is 1.73. The maximum Gasteiger partial charge on any atom is 0.00682 e. The van der Waals surface area contributed by atoms with Crippen LogP contribution in [0.5, 0.6) is 0 Å². The molecule has 0 aromatic rings. The number of nitrogens with one attached hydrogen (secondary N) is 2. The van der Waals surface area contributed by atoms with Gasteiger partial charge in [0.25, 0.3) is 0 Å². The van der Waals surface area contributed by atoms with Gasteiger partial charge in [-0.1, -0.05) is 26.7 Å². The summed E-state index contributed by atoms with van der Waals surface area (Å²) < 4.78 is 0. The first kappa shape index (κ1) is 13.0. The molecule has 0 heterocycles. The Kier molecular flexibility index (Phi) is 7.03. The van der Waals surface area contributed by atoms with E-state index in [1.807, 2.05) is 0 Å². The van der Waals surface area contributed by atoms with Crippen LogP contribution in [0.15, 0.2) is 0 Å². The maximum absolute atomic E-state index is 3.53. The normalized spacial score (nSPS) is 16.2. The van der Waals surface area contributed by atoms with Gasteiger partial charge in [0.2, 0.25) is 0 Å². The summed E-state index contributed by atoms with van der Waals surface area (Å²) in [4.78, 5) is 0. The van der Waals surface area contributed by atoms with E-state index < -0.39 is 0 Å². The quantitative estimate of drug-likeness (QED) is 0.544. The second-order valence-electron chi connectivity index (χ2n) is 5.22. The zero-order valence-electron chi connectivity index (χ0n) is 10.5. The summed E-state index contributed by atoms with van der Waals surface area (Å²) >= 11 is 0. The molecule has 1 saturated carbocycles. The molecule has 2 N–H and O–H groups in total. The molecule has 0 bridgehead atoms. The summed E-state index contributed by atoms with van der Waals surface area (Å²) in [6, 6.07) is 0.871. The Bertz CT molecular complexity index is 133. The predicted molar refractivity (Wildman–Crippen MR) is 67.2 cm³/mol. The molecule has 15 heavy (non-hydrogen) atoms. The van der Waals surface area contributed by atoms with Gasteiger partial charge in [-0.25, -0.2) is 0 Å². The molecule has 2 nitrogen and oxygen atoms in total. The summed E-state index contributed by atoms with van der Waals surface area (Å²) in [6.07, 6.45) is 8.19. The Morgan fingerprint density at radius 3 is 2.40 bits per heavy atom. The van der Waals surface area contributed by atoms with Crippen LogP contribution in [0, 0.1) is 5.92 Å². The minimum atomic E-state index is 0.868. The van der Waals surface area contributed by atoms with Crippen molar-refractivity contribution in [3.63, 3.8) is 0 Å². The van der Waals surface area contributed by atoms with Crippen LogP contribution in [-0.2, 0) is 0 Å². The van der Waals surface area contributed by atoms with Crippen molar-refractivity contribution in [1.82, 2.24) is 10.6 Å². The lowest BCUT2D eigenvalue weighted by Gasteiger charge is -2.06. The fourth-order valence-corrected chi connectivity index (χ4v) is 1.73. The van der Waals surface area contributed by atoms with Gasteiger partial charge >= 0.3 is 0 Å². The van der Waals surface area contributed by atoms with Crippen LogP contribution < -0.4 is 10.6 Å². The highest BCUT2D eigenvalue weighted by Crippen LogP contribution is 2.18. The minimum Gasteiger partial charge on any atom is -0.317 e. The van der Waals surface area contributed by atoms with Gasteiger partial charge in [0.15, 0.2) is 0 Å². The van der Waals surface area contributed by atoms with Gasteiger partial charge in [-0.2, -0.15) is 0 Å². The highest BCUT2D eigenvalue weighted by atomic mass is 14.9. The van der Waals surface area contributed by atoms with E-state index in [4.69, 9.17) is 0 Å². The maximum atomic E-state index is 3.53. The monoisotopic (exact) mass is 212 g/mol. The lowest BCUT2D eigenvalue weighted by molar-refractivity contribution is 0.514. The third-order valence-corrected chi connectivity index (χ3v) is 2.93. The smallest absolute Gasteiger partial charge is 0.00682 e. The number of rotatable bonds is 10. The third kappa shape index (κ3) is 8.88. The summed E-state index contributed by atoms with van der Waals surface area (Å²) in [6.45, 7) is 8.19. The molecule has 0 spiro atoms. The average molecular weight is 212 g/mol.